The van der Waals surface area contributed by atoms with E-state index in [1.165, 1.54) is 18.5 Å². The zero-order valence-electron chi connectivity index (χ0n) is 12.7. The Hall–Kier alpha value is -2.61. The molecule has 1 aromatic heterocycles. The standard InChI is InChI=1S/C17H19N5/c1-13-8-10-22(11-9-13)16-5-2-14(3-6-16)19-17-7-4-15(12-18)20-21-17/h2-7,13H,8-11H2,1H3,(H,19,21). The van der Waals surface area contributed by atoms with Gasteiger partial charge in [-0.15, -0.1) is 10.2 Å². The fourth-order valence-electron chi connectivity index (χ4n) is 2.63. The number of rotatable bonds is 3. The fourth-order valence-corrected chi connectivity index (χ4v) is 2.63. The fraction of sp³-hybridized carbons (Fsp3) is 0.353. The summed E-state index contributed by atoms with van der Waals surface area (Å²) in [6, 6.07) is 13.7. The van der Waals surface area contributed by atoms with Crippen LogP contribution in [0.25, 0.3) is 0 Å². The van der Waals surface area contributed by atoms with Crippen LogP contribution < -0.4 is 10.2 Å². The van der Waals surface area contributed by atoms with Crippen LogP contribution in [0.5, 0.6) is 0 Å². The third-order valence-corrected chi connectivity index (χ3v) is 4.07. The average molecular weight is 293 g/mol. The van der Waals surface area contributed by atoms with Crippen molar-refractivity contribution in [1.82, 2.24) is 10.2 Å². The maximum atomic E-state index is 8.71. The molecular weight excluding hydrogens is 274 g/mol. The Kier molecular flexibility index (Phi) is 4.19. The molecule has 1 aliphatic heterocycles. The van der Waals surface area contributed by atoms with E-state index in [1.807, 2.05) is 18.2 Å². The van der Waals surface area contributed by atoms with Gasteiger partial charge in [0.05, 0.1) is 0 Å². The second-order valence-corrected chi connectivity index (χ2v) is 5.76. The van der Waals surface area contributed by atoms with Crippen molar-refractivity contribution in [2.45, 2.75) is 19.8 Å². The van der Waals surface area contributed by atoms with Crippen LogP contribution in [0.15, 0.2) is 36.4 Å². The molecule has 5 nitrogen and oxygen atoms in total. The monoisotopic (exact) mass is 293 g/mol. The van der Waals surface area contributed by atoms with Gasteiger partial charge >= 0.3 is 0 Å². The molecule has 0 unspecified atom stereocenters. The van der Waals surface area contributed by atoms with Gasteiger partial charge in [-0.25, -0.2) is 0 Å². The van der Waals surface area contributed by atoms with Gasteiger partial charge in [0, 0.05) is 24.5 Å². The van der Waals surface area contributed by atoms with Gasteiger partial charge < -0.3 is 10.2 Å². The third-order valence-electron chi connectivity index (χ3n) is 4.07. The van der Waals surface area contributed by atoms with Gasteiger partial charge in [0.2, 0.25) is 0 Å². The van der Waals surface area contributed by atoms with Crippen molar-refractivity contribution in [3.63, 3.8) is 0 Å². The summed E-state index contributed by atoms with van der Waals surface area (Å²) in [5, 5.41) is 19.7. The van der Waals surface area contributed by atoms with Crippen LogP contribution >= 0.6 is 0 Å². The maximum Gasteiger partial charge on any atom is 0.163 e. The lowest BCUT2D eigenvalue weighted by Crippen LogP contribution is -2.32. The first-order valence-corrected chi connectivity index (χ1v) is 7.60. The van der Waals surface area contributed by atoms with E-state index in [1.54, 1.807) is 12.1 Å². The molecule has 112 valence electrons. The normalized spacial score (nSPS) is 15.4. The molecule has 0 aliphatic carbocycles. The average Bonchev–Trinajstić information content (AvgIpc) is 2.57. The van der Waals surface area contributed by atoms with Crippen molar-refractivity contribution in [3.8, 4) is 6.07 Å². The summed E-state index contributed by atoms with van der Waals surface area (Å²) in [6.45, 7) is 4.59. The van der Waals surface area contributed by atoms with Crippen LogP contribution in [0.4, 0.5) is 17.2 Å². The molecule has 0 radical (unpaired) electrons. The molecule has 0 spiro atoms. The molecule has 0 atom stereocenters. The summed E-state index contributed by atoms with van der Waals surface area (Å²) in [4.78, 5) is 2.44. The lowest BCUT2D eigenvalue weighted by atomic mass is 9.99. The molecule has 3 rings (SSSR count). The first-order chi connectivity index (χ1) is 10.7. The highest BCUT2D eigenvalue weighted by Gasteiger charge is 2.15. The summed E-state index contributed by atoms with van der Waals surface area (Å²) in [5.41, 5.74) is 2.55. The van der Waals surface area contributed by atoms with Crippen molar-refractivity contribution in [1.29, 1.82) is 5.26 Å². The molecule has 1 aromatic carbocycles. The molecule has 2 heterocycles. The van der Waals surface area contributed by atoms with E-state index < -0.39 is 0 Å². The van der Waals surface area contributed by atoms with E-state index in [0.717, 1.165) is 24.7 Å². The lowest BCUT2D eigenvalue weighted by Gasteiger charge is -2.32. The summed E-state index contributed by atoms with van der Waals surface area (Å²) < 4.78 is 0. The van der Waals surface area contributed by atoms with Crippen LogP contribution in [0.1, 0.15) is 25.5 Å². The van der Waals surface area contributed by atoms with Crippen molar-refractivity contribution < 1.29 is 0 Å². The van der Waals surface area contributed by atoms with E-state index in [-0.39, 0.29) is 0 Å². The summed E-state index contributed by atoms with van der Waals surface area (Å²) in [5.74, 6) is 1.48. The summed E-state index contributed by atoms with van der Waals surface area (Å²) >= 11 is 0. The first-order valence-electron chi connectivity index (χ1n) is 7.60. The Labute approximate surface area is 130 Å². The van der Waals surface area contributed by atoms with Crippen LogP contribution in [0.2, 0.25) is 0 Å². The predicted molar refractivity (Wildman–Crippen MR) is 87.1 cm³/mol. The van der Waals surface area contributed by atoms with Crippen LogP contribution in [-0.2, 0) is 0 Å². The molecule has 1 N–H and O–H groups in total. The SMILES string of the molecule is CC1CCN(c2ccc(Nc3ccc(C#N)nn3)cc2)CC1. The number of nitrogens with zero attached hydrogens (tertiary/aromatic N) is 4. The van der Waals surface area contributed by atoms with Crippen molar-refractivity contribution in [2.75, 3.05) is 23.3 Å². The van der Waals surface area contributed by atoms with Gasteiger partial charge in [-0.3, -0.25) is 0 Å². The zero-order chi connectivity index (χ0) is 15.4. The predicted octanol–water partition coefficient (Wildman–Crippen LogP) is 3.33. The van der Waals surface area contributed by atoms with Crippen molar-refractivity contribution >= 4 is 17.2 Å². The highest BCUT2D eigenvalue weighted by molar-refractivity contribution is 5.60. The Morgan fingerprint density at radius 3 is 2.41 bits per heavy atom. The molecule has 0 amide bonds. The second-order valence-electron chi connectivity index (χ2n) is 5.76. The number of nitrogens with one attached hydrogen (secondary N) is 1. The van der Waals surface area contributed by atoms with Gasteiger partial charge in [-0.05, 0) is 55.2 Å². The van der Waals surface area contributed by atoms with Crippen molar-refractivity contribution in [2.24, 2.45) is 5.92 Å². The third kappa shape index (κ3) is 3.34. The maximum absolute atomic E-state index is 8.71. The van der Waals surface area contributed by atoms with Gasteiger partial charge in [0.1, 0.15) is 6.07 Å². The Morgan fingerprint density at radius 1 is 1.09 bits per heavy atom. The Morgan fingerprint density at radius 2 is 1.82 bits per heavy atom. The van der Waals surface area contributed by atoms with E-state index in [9.17, 15) is 0 Å². The minimum atomic E-state index is 0.320. The largest absolute Gasteiger partial charge is 0.372 e. The molecule has 1 fully saturated rings. The number of aromatic nitrogens is 2. The molecule has 1 aliphatic rings. The number of piperidine rings is 1. The second kappa shape index (κ2) is 6.44. The van der Waals surface area contributed by atoms with Gasteiger partial charge in [-0.1, -0.05) is 6.92 Å². The highest BCUT2D eigenvalue weighted by Crippen LogP contribution is 2.25. The first kappa shape index (κ1) is 14.3. The number of hydrogen-bond donors (Lipinski definition) is 1. The number of hydrogen-bond acceptors (Lipinski definition) is 5. The van der Waals surface area contributed by atoms with Crippen LogP contribution in [-0.4, -0.2) is 23.3 Å². The van der Waals surface area contributed by atoms with Crippen LogP contribution in [0.3, 0.4) is 0 Å². The minimum Gasteiger partial charge on any atom is -0.372 e. The molecule has 22 heavy (non-hydrogen) atoms. The minimum absolute atomic E-state index is 0.320. The number of benzene rings is 1. The van der Waals surface area contributed by atoms with E-state index in [2.05, 4.69) is 39.5 Å². The van der Waals surface area contributed by atoms with Crippen LogP contribution in [0, 0.1) is 17.2 Å². The van der Waals surface area contributed by atoms with E-state index in [0.29, 0.717) is 11.5 Å². The topological polar surface area (TPSA) is 64.8 Å². The van der Waals surface area contributed by atoms with Gasteiger partial charge in [0.25, 0.3) is 0 Å². The van der Waals surface area contributed by atoms with E-state index in [4.69, 9.17) is 5.26 Å². The molecule has 0 bridgehead atoms. The smallest absolute Gasteiger partial charge is 0.163 e. The molecular formula is C17H19N5. The number of nitriles is 1. The molecule has 2 aromatic rings. The lowest BCUT2D eigenvalue weighted by molar-refractivity contribution is 0.438. The molecule has 1 saturated heterocycles. The summed E-state index contributed by atoms with van der Waals surface area (Å²) in [7, 11) is 0. The van der Waals surface area contributed by atoms with Crippen molar-refractivity contribution in [3.05, 3.63) is 42.1 Å². The quantitative estimate of drug-likeness (QED) is 0.940. The zero-order valence-corrected chi connectivity index (χ0v) is 12.7. The molecule has 5 heteroatoms. The van der Waals surface area contributed by atoms with Gasteiger partial charge in [-0.2, -0.15) is 5.26 Å². The summed E-state index contributed by atoms with van der Waals surface area (Å²) in [6.07, 6.45) is 2.53. The Balaban J connectivity index is 1.65. The Bertz CT molecular complexity index is 649. The highest BCUT2D eigenvalue weighted by atomic mass is 15.2. The number of anilines is 3. The van der Waals surface area contributed by atoms with Gasteiger partial charge in [0.15, 0.2) is 11.5 Å². The molecule has 0 saturated carbocycles. The van der Waals surface area contributed by atoms with E-state index >= 15 is 0 Å².